The fraction of sp³-hybridized carbons (Fsp3) is 0.381. The summed E-state index contributed by atoms with van der Waals surface area (Å²) in [6.07, 6.45) is 1.38. The number of halogens is 1. The standard InChI is InChI=1S/C21H25FN4O3/c1-13-10-17(14(2)26(13)16-7-4-6-15(22)11-16)20(28)24-12-19(27)25-9-5-8-18(25)21(29)23-3/h4,6-7,10-11,18H,5,8-9,12H2,1-3H3,(H,23,29)(H,24,28). The third-order valence-electron chi connectivity index (χ3n) is 5.26. The monoisotopic (exact) mass is 400 g/mol. The molecule has 1 aliphatic rings. The van der Waals surface area contributed by atoms with Crippen molar-refractivity contribution >= 4 is 17.7 Å². The van der Waals surface area contributed by atoms with Crippen LogP contribution in [0.5, 0.6) is 0 Å². The van der Waals surface area contributed by atoms with Gasteiger partial charge in [0.25, 0.3) is 5.91 Å². The van der Waals surface area contributed by atoms with Crippen LogP contribution < -0.4 is 10.6 Å². The van der Waals surface area contributed by atoms with Crippen LogP contribution in [0.2, 0.25) is 0 Å². The Morgan fingerprint density at radius 3 is 2.66 bits per heavy atom. The molecule has 1 aromatic carbocycles. The highest BCUT2D eigenvalue weighted by molar-refractivity contribution is 5.98. The molecule has 0 bridgehead atoms. The van der Waals surface area contributed by atoms with Gasteiger partial charge in [-0.2, -0.15) is 0 Å². The van der Waals surface area contributed by atoms with E-state index < -0.39 is 6.04 Å². The Kier molecular flexibility index (Phi) is 6.00. The molecule has 2 aromatic rings. The summed E-state index contributed by atoms with van der Waals surface area (Å²) in [5.41, 5.74) is 2.48. The van der Waals surface area contributed by atoms with Gasteiger partial charge in [-0.25, -0.2) is 4.39 Å². The number of likely N-dealkylation sites (tertiary alicyclic amines) is 1. The maximum atomic E-state index is 13.6. The summed E-state index contributed by atoms with van der Waals surface area (Å²) in [6.45, 7) is 3.92. The van der Waals surface area contributed by atoms with Gasteiger partial charge in [0.15, 0.2) is 0 Å². The second kappa shape index (κ2) is 8.46. The van der Waals surface area contributed by atoms with Crippen molar-refractivity contribution in [1.82, 2.24) is 20.1 Å². The average Bonchev–Trinajstić information content (AvgIpc) is 3.30. The van der Waals surface area contributed by atoms with Gasteiger partial charge in [-0.15, -0.1) is 0 Å². The molecular weight excluding hydrogens is 375 g/mol. The van der Waals surface area contributed by atoms with E-state index in [1.165, 1.54) is 17.0 Å². The van der Waals surface area contributed by atoms with E-state index in [0.717, 1.165) is 12.1 Å². The van der Waals surface area contributed by atoms with E-state index in [9.17, 15) is 18.8 Å². The van der Waals surface area contributed by atoms with E-state index in [2.05, 4.69) is 10.6 Å². The Morgan fingerprint density at radius 2 is 1.97 bits per heavy atom. The van der Waals surface area contributed by atoms with Gasteiger partial charge in [0.2, 0.25) is 11.8 Å². The molecule has 2 heterocycles. The number of carbonyl (C=O) groups is 3. The van der Waals surface area contributed by atoms with E-state index in [1.54, 1.807) is 36.7 Å². The summed E-state index contributed by atoms with van der Waals surface area (Å²) >= 11 is 0. The Labute approximate surface area is 168 Å². The molecule has 1 fully saturated rings. The maximum absolute atomic E-state index is 13.6. The largest absolute Gasteiger partial charge is 0.357 e. The summed E-state index contributed by atoms with van der Waals surface area (Å²) in [6, 6.07) is 7.37. The molecule has 0 spiro atoms. The summed E-state index contributed by atoms with van der Waals surface area (Å²) in [5, 5.41) is 5.22. The zero-order valence-corrected chi connectivity index (χ0v) is 16.8. The molecule has 8 heteroatoms. The van der Waals surface area contributed by atoms with Gasteiger partial charge in [-0.05, 0) is 51.0 Å². The van der Waals surface area contributed by atoms with Crippen LogP contribution in [0.25, 0.3) is 5.69 Å². The first-order chi connectivity index (χ1) is 13.8. The van der Waals surface area contributed by atoms with Gasteiger partial charge in [0.1, 0.15) is 11.9 Å². The molecule has 1 saturated heterocycles. The van der Waals surface area contributed by atoms with Gasteiger partial charge in [-0.3, -0.25) is 14.4 Å². The zero-order valence-electron chi connectivity index (χ0n) is 16.8. The molecule has 1 aromatic heterocycles. The number of amides is 3. The molecule has 154 valence electrons. The fourth-order valence-corrected chi connectivity index (χ4v) is 3.86. The SMILES string of the molecule is CNC(=O)C1CCCN1C(=O)CNC(=O)c1cc(C)n(-c2cccc(F)c2)c1C. The molecule has 1 aliphatic heterocycles. The van der Waals surface area contributed by atoms with Gasteiger partial charge in [0.05, 0.1) is 12.1 Å². The molecule has 1 atom stereocenters. The predicted octanol–water partition coefficient (Wildman–Crippen LogP) is 1.70. The van der Waals surface area contributed by atoms with Crippen LogP contribution in [-0.4, -0.2) is 53.4 Å². The van der Waals surface area contributed by atoms with Crippen molar-refractivity contribution in [3.05, 3.63) is 53.1 Å². The molecule has 1 unspecified atom stereocenters. The maximum Gasteiger partial charge on any atom is 0.253 e. The third-order valence-corrected chi connectivity index (χ3v) is 5.26. The number of hydrogen-bond donors (Lipinski definition) is 2. The lowest BCUT2D eigenvalue weighted by molar-refractivity contribution is -0.137. The Morgan fingerprint density at radius 1 is 1.21 bits per heavy atom. The molecule has 0 saturated carbocycles. The molecular formula is C21H25FN4O3. The highest BCUT2D eigenvalue weighted by Crippen LogP contribution is 2.22. The highest BCUT2D eigenvalue weighted by Gasteiger charge is 2.33. The van der Waals surface area contributed by atoms with Crippen molar-refractivity contribution in [3.63, 3.8) is 0 Å². The first-order valence-electron chi connectivity index (χ1n) is 9.57. The molecule has 3 rings (SSSR count). The van der Waals surface area contributed by atoms with Gasteiger partial charge < -0.3 is 20.1 Å². The molecule has 7 nitrogen and oxygen atoms in total. The van der Waals surface area contributed by atoms with Crippen molar-refractivity contribution in [2.24, 2.45) is 0 Å². The smallest absolute Gasteiger partial charge is 0.253 e. The third kappa shape index (κ3) is 4.16. The molecule has 3 amide bonds. The van der Waals surface area contributed by atoms with Crippen LogP contribution in [0.15, 0.2) is 30.3 Å². The van der Waals surface area contributed by atoms with E-state index in [4.69, 9.17) is 0 Å². The second-order valence-corrected chi connectivity index (χ2v) is 7.14. The number of nitrogens with zero attached hydrogens (tertiary/aromatic N) is 2. The minimum absolute atomic E-state index is 0.185. The van der Waals surface area contributed by atoms with E-state index in [1.807, 2.05) is 6.92 Å². The first-order valence-corrected chi connectivity index (χ1v) is 9.57. The molecule has 29 heavy (non-hydrogen) atoms. The topological polar surface area (TPSA) is 83.4 Å². The van der Waals surface area contributed by atoms with Crippen LogP contribution in [0.4, 0.5) is 4.39 Å². The number of rotatable bonds is 5. The van der Waals surface area contributed by atoms with Crippen LogP contribution in [-0.2, 0) is 9.59 Å². The lowest BCUT2D eigenvalue weighted by Crippen LogP contribution is -2.48. The van der Waals surface area contributed by atoms with Crippen molar-refractivity contribution < 1.29 is 18.8 Å². The van der Waals surface area contributed by atoms with Crippen molar-refractivity contribution in [3.8, 4) is 5.69 Å². The average molecular weight is 400 g/mol. The van der Waals surface area contributed by atoms with Gasteiger partial charge >= 0.3 is 0 Å². The van der Waals surface area contributed by atoms with E-state index >= 15 is 0 Å². The van der Waals surface area contributed by atoms with Crippen LogP contribution in [0.3, 0.4) is 0 Å². The highest BCUT2D eigenvalue weighted by atomic mass is 19.1. The van der Waals surface area contributed by atoms with Crippen molar-refractivity contribution in [2.45, 2.75) is 32.7 Å². The Balaban J connectivity index is 1.71. The number of nitrogens with one attached hydrogen (secondary N) is 2. The van der Waals surface area contributed by atoms with Crippen LogP contribution in [0.1, 0.15) is 34.6 Å². The first kappa shape index (κ1) is 20.6. The quantitative estimate of drug-likeness (QED) is 0.801. The van der Waals surface area contributed by atoms with Gasteiger partial charge in [0, 0.05) is 30.7 Å². The zero-order chi connectivity index (χ0) is 21.1. The second-order valence-electron chi connectivity index (χ2n) is 7.14. The normalized spacial score (nSPS) is 16.0. The predicted molar refractivity (Wildman–Crippen MR) is 106 cm³/mol. The lowest BCUT2D eigenvalue weighted by Gasteiger charge is -2.23. The number of aromatic nitrogens is 1. The minimum Gasteiger partial charge on any atom is -0.357 e. The van der Waals surface area contributed by atoms with Crippen LogP contribution >= 0.6 is 0 Å². The summed E-state index contributed by atoms with van der Waals surface area (Å²) in [4.78, 5) is 38.6. The minimum atomic E-state index is -0.484. The molecule has 2 N–H and O–H groups in total. The Bertz CT molecular complexity index is 953. The number of benzene rings is 1. The fourth-order valence-electron chi connectivity index (χ4n) is 3.86. The lowest BCUT2D eigenvalue weighted by atomic mass is 10.2. The number of carbonyl (C=O) groups excluding carboxylic acids is 3. The number of hydrogen-bond acceptors (Lipinski definition) is 3. The van der Waals surface area contributed by atoms with Crippen molar-refractivity contribution in [1.29, 1.82) is 0 Å². The molecule has 0 aliphatic carbocycles. The van der Waals surface area contributed by atoms with Crippen molar-refractivity contribution in [2.75, 3.05) is 20.1 Å². The molecule has 0 radical (unpaired) electrons. The number of aryl methyl sites for hydroxylation is 1. The summed E-state index contributed by atoms with van der Waals surface area (Å²) < 4.78 is 15.4. The number of likely N-dealkylation sites (N-methyl/N-ethyl adjacent to an activating group) is 1. The van der Waals surface area contributed by atoms with Gasteiger partial charge in [-0.1, -0.05) is 6.07 Å². The summed E-state index contributed by atoms with van der Waals surface area (Å²) in [5.74, 6) is -1.23. The van der Waals surface area contributed by atoms with E-state index in [0.29, 0.717) is 29.9 Å². The van der Waals surface area contributed by atoms with Crippen LogP contribution in [0, 0.1) is 19.7 Å². The Hall–Kier alpha value is -3.16. The summed E-state index contributed by atoms with van der Waals surface area (Å²) in [7, 11) is 1.54. The van der Waals surface area contributed by atoms with E-state index in [-0.39, 0.29) is 30.1 Å².